The van der Waals surface area contributed by atoms with Gasteiger partial charge in [-0.05, 0) is 62.3 Å². The number of amides is 1. The summed E-state index contributed by atoms with van der Waals surface area (Å²) < 4.78 is 11.1. The Labute approximate surface area is 133 Å². The lowest BCUT2D eigenvalue weighted by atomic mass is 9.78. The Kier molecular flexibility index (Phi) is 5.83. The summed E-state index contributed by atoms with van der Waals surface area (Å²) in [6.45, 7) is 4.94. The van der Waals surface area contributed by atoms with E-state index < -0.39 is 5.60 Å². The zero-order chi connectivity index (χ0) is 16.0. The van der Waals surface area contributed by atoms with E-state index in [9.17, 15) is 4.79 Å². The maximum absolute atomic E-state index is 12.8. The molecule has 1 aliphatic rings. The van der Waals surface area contributed by atoms with Crippen molar-refractivity contribution in [1.82, 2.24) is 0 Å². The van der Waals surface area contributed by atoms with Crippen LogP contribution in [0.2, 0.25) is 0 Å². The van der Waals surface area contributed by atoms with E-state index in [2.05, 4.69) is 19.2 Å². The Hall–Kier alpha value is -1.55. The van der Waals surface area contributed by atoms with E-state index in [-0.39, 0.29) is 5.91 Å². The third-order valence-corrected chi connectivity index (χ3v) is 4.43. The predicted octanol–water partition coefficient (Wildman–Crippen LogP) is 4.01. The van der Waals surface area contributed by atoms with Crippen LogP contribution in [0.4, 0.5) is 5.69 Å². The minimum atomic E-state index is -0.664. The highest BCUT2D eigenvalue weighted by molar-refractivity contribution is 5.97. The van der Waals surface area contributed by atoms with Crippen molar-refractivity contribution in [3.63, 3.8) is 0 Å². The number of carbonyl (C=O) groups is 1. The third kappa shape index (κ3) is 4.01. The lowest BCUT2D eigenvalue weighted by molar-refractivity contribution is -0.147. The SMILES string of the molecule is CCCOC1(C(=O)Nc2ccc(OC)cc2)CCC(C)CC1. The molecule has 0 bridgehead atoms. The van der Waals surface area contributed by atoms with Crippen molar-refractivity contribution in [2.24, 2.45) is 5.92 Å². The number of nitrogens with one attached hydrogen (secondary N) is 1. The summed E-state index contributed by atoms with van der Waals surface area (Å²) in [4.78, 5) is 12.8. The summed E-state index contributed by atoms with van der Waals surface area (Å²) in [5.41, 5.74) is 0.117. The summed E-state index contributed by atoms with van der Waals surface area (Å²) in [5.74, 6) is 1.44. The summed E-state index contributed by atoms with van der Waals surface area (Å²) >= 11 is 0. The molecule has 1 aliphatic carbocycles. The van der Waals surface area contributed by atoms with Crippen LogP contribution < -0.4 is 10.1 Å². The zero-order valence-corrected chi connectivity index (χ0v) is 13.9. The van der Waals surface area contributed by atoms with Crippen molar-refractivity contribution in [1.29, 1.82) is 0 Å². The highest BCUT2D eigenvalue weighted by atomic mass is 16.5. The number of anilines is 1. The second-order valence-electron chi connectivity index (χ2n) is 6.21. The number of carbonyl (C=O) groups excluding carboxylic acids is 1. The van der Waals surface area contributed by atoms with Gasteiger partial charge in [-0.1, -0.05) is 13.8 Å². The Morgan fingerprint density at radius 3 is 2.45 bits per heavy atom. The molecule has 0 radical (unpaired) electrons. The average molecular weight is 305 g/mol. The Morgan fingerprint density at radius 1 is 1.27 bits per heavy atom. The highest BCUT2D eigenvalue weighted by Crippen LogP contribution is 2.36. The Morgan fingerprint density at radius 2 is 1.91 bits per heavy atom. The molecule has 22 heavy (non-hydrogen) atoms. The van der Waals surface area contributed by atoms with Crippen molar-refractivity contribution in [3.05, 3.63) is 24.3 Å². The topological polar surface area (TPSA) is 47.6 Å². The van der Waals surface area contributed by atoms with Gasteiger partial charge in [-0.25, -0.2) is 0 Å². The van der Waals surface area contributed by atoms with Crippen molar-refractivity contribution < 1.29 is 14.3 Å². The van der Waals surface area contributed by atoms with E-state index in [0.29, 0.717) is 12.5 Å². The average Bonchev–Trinajstić information content (AvgIpc) is 2.55. The molecule has 1 aromatic carbocycles. The van der Waals surface area contributed by atoms with Crippen LogP contribution in [0.15, 0.2) is 24.3 Å². The van der Waals surface area contributed by atoms with Crippen LogP contribution in [0.1, 0.15) is 46.0 Å². The van der Waals surface area contributed by atoms with Crippen LogP contribution in [0.25, 0.3) is 0 Å². The number of ether oxygens (including phenoxy) is 2. The first-order valence-corrected chi connectivity index (χ1v) is 8.19. The van der Waals surface area contributed by atoms with Crippen LogP contribution >= 0.6 is 0 Å². The smallest absolute Gasteiger partial charge is 0.256 e. The van der Waals surface area contributed by atoms with Gasteiger partial charge in [0.25, 0.3) is 5.91 Å². The number of rotatable bonds is 6. The van der Waals surface area contributed by atoms with E-state index in [1.165, 1.54) is 0 Å². The molecule has 0 heterocycles. The van der Waals surface area contributed by atoms with Crippen LogP contribution in [-0.2, 0) is 9.53 Å². The van der Waals surface area contributed by atoms with Gasteiger partial charge in [-0.3, -0.25) is 4.79 Å². The fourth-order valence-corrected chi connectivity index (χ4v) is 2.88. The fraction of sp³-hybridized carbons (Fsp3) is 0.611. The number of hydrogen-bond acceptors (Lipinski definition) is 3. The molecule has 4 nitrogen and oxygen atoms in total. The molecule has 4 heteroatoms. The molecule has 2 rings (SSSR count). The maximum Gasteiger partial charge on any atom is 0.256 e. The van der Waals surface area contributed by atoms with Gasteiger partial charge in [-0.15, -0.1) is 0 Å². The molecule has 0 saturated heterocycles. The molecule has 1 aromatic rings. The molecule has 0 aliphatic heterocycles. The van der Waals surface area contributed by atoms with Gasteiger partial charge in [0.2, 0.25) is 0 Å². The molecule has 1 fully saturated rings. The van der Waals surface area contributed by atoms with Gasteiger partial charge >= 0.3 is 0 Å². The van der Waals surface area contributed by atoms with Crippen molar-refractivity contribution in [2.45, 2.75) is 51.6 Å². The molecular weight excluding hydrogens is 278 g/mol. The third-order valence-electron chi connectivity index (χ3n) is 4.43. The number of hydrogen-bond donors (Lipinski definition) is 1. The Bertz CT molecular complexity index is 470. The monoisotopic (exact) mass is 305 g/mol. The van der Waals surface area contributed by atoms with Crippen molar-refractivity contribution in [2.75, 3.05) is 19.0 Å². The normalized spacial score (nSPS) is 24.8. The largest absolute Gasteiger partial charge is 0.497 e. The van der Waals surface area contributed by atoms with Crippen LogP contribution in [0.3, 0.4) is 0 Å². The van der Waals surface area contributed by atoms with E-state index in [1.54, 1.807) is 7.11 Å². The standard InChI is InChI=1S/C18H27NO3/c1-4-13-22-18(11-9-14(2)10-12-18)17(20)19-15-5-7-16(21-3)8-6-15/h5-8,14H,4,9-13H2,1-3H3,(H,19,20). The fourth-order valence-electron chi connectivity index (χ4n) is 2.88. The van der Waals surface area contributed by atoms with Crippen LogP contribution in [0.5, 0.6) is 5.75 Å². The molecular formula is C18H27NO3. The van der Waals surface area contributed by atoms with Gasteiger partial charge in [0.15, 0.2) is 0 Å². The van der Waals surface area contributed by atoms with Gasteiger partial charge in [0, 0.05) is 12.3 Å². The summed E-state index contributed by atoms with van der Waals surface area (Å²) in [6, 6.07) is 7.40. The second kappa shape index (κ2) is 7.63. The Balaban J connectivity index is 2.07. The van der Waals surface area contributed by atoms with Gasteiger partial charge < -0.3 is 14.8 Å². The first kappa shape index (κ1) is 16.8. The molecule has 0 atom stereocenters. The van der Waals surface area contributed by atoms with Crippen molar-refractivity contribution in [3.8, 4) is 5.75 Å². The van der Waals surface area contributed by atoms with Gasteiger partial charge in [0.05, 0.1) is 7.11 Å². The number of methoxy groups -OCH3 is 1. The van der Waals surface area contributed by atoms with Gasteiger partial charge in [0.1, 0.15) is 11.4 Å². The first-order chi connectivity index (χ1) is 10.6. The summed E-state index contributed by atoms with van der Waals surface area (Å²) in [6.07, 6.45) is 4.61. The minimum absolute atomic E-state index is 0.0157. The lowest BCUT2D eigenvalue weighted by Gasteiger charge is -2.38. The summed E-state index contributed by atoms with van der Waals surface area (Å²) in [7, 11) is 1.63. The lowest BCUT2D eigenvalue weighted by Crippen LogP contribution is -2.48. The van der Waals surface area contributed by atoms with E-state index >= 15 is 0 Å². The molecule has 122 valence electrons. The van der Waals surface area contributed by atoms with Gasteiger partial charge in [-0.2, -0.15) is 0 Å². The van der Waals surface area contributed by atoms with Crippen molar-refractivity contribution >= 4 is 11.6 Å². The second-order valence-corrected chi connectivity index (χ2v) is 6.21. The molecule has 0 unspecified atom stereocenters. The number of benzene rings is 1. The van der Waals surface area contributed by atoms with E-state index in [4.69, 9.17) is 9.47 Å². The zero-order valence-electron chi connectivity index (χ0n) is 13.9. The minimum Gasteiger partial charge on any atom is -0.497 e. The molecule has 0 spiro atoms. The molecule has 1 N–H and O–H groups in total. The van der Waals surface area contributed by atoms with Crippen LogP contribution in [-0.4, -0.2) is 25.2 Å². The molecule has 1 saturated carbocycles. The summed E-state index contributed by atoms with van der Waals surface area (Å²) in [5, 5.41) is 3.01. The quantitative estimate of drug-likeness (QED) is 0.864. The predicted molar refractivity (Wildman–Crippen MR) is 88.2 cm³/mol. The van der Waals surface area contributed by atoms with E-state index in [0.717, 1.165) is 43.5 Å². The van der Waals surface area contributed by atoms with Crippen LogP contribution in [0, 0.1) is 5.92 Å². The molecule has 0 aromatic heterocycles. The van der Waals surface area contributed by atoms with E-state index in [1.807, 2.05) is 24.3 Å². The molecule has 1 amide bonds. The first-order valence-electron chi connectivity index (χ1n) is 8.19. The maximum atomic E-state index is 12.8. The highest BCUT2D eigenvalue weighted by Gasteiger charge is 2.42.